The van der Waals surface area contributed by atoms with Crippen LogP contribution in [0.4, 0.5) is 0 Å². The molecular formula is C17H22N2O2. The third-order valence-corrected chi connectivity index (χ3v) is 3.31. The Bertz CT molecular complexity index is 627. The van der Waals surface area contributed by atoms with Gasteiger partial charge >= 0.3 is 0 Å². The van der Waals surface area contributed by atoms with E-state index in [0.717, 1.165) is 17.3 Å². The predicted octanol–water partition coefficient (Wildman–Crippen LogP) is 2.76. The Kier molecular flexibility index (Phi) is 4.58. The number of hydrogen-bond donors (Lipinski definition) is 2. The molecule has 112 valence electrons. The monoisotopic (exact) mass is 286 g/mol. The summed E-state index contributed by atoms with van der Waals surface area (Å²) in [6.45, 7) is 6.20. The molecule has 0 radical (unpaired) electrons. The number of para-hydroxylation sites is 1. The zero-order valence-corrected chi connectivity index (χ0v) is 12.8. The highest BCUT2D eigenvalue weighted by atomic mass is 16.3. The fourth-order valence-electron chi connectivity index (χ4n) is 2.46. The molecule has 2 rings (SSSR count). The topological polar surface area (TPSA) is 62.2 Å². The molecule has 0 saturated heterocycles. The number of fused-ring (bicyclic) bond motifs is 1. The van der Waals surface area contributed by atoms with E-state index >= 15 is 0 Å². The normalized spacial score (nSPS) is 13.1. The van der Waals surface area contributed by atoms with Crippen molar-refractivity contribution in [2.45, 2.75) is 33.2 Å². The molecule has 0 aliphatic heterocycles. The molecule has 1 amide bonds. The second-order valence-corrected chi connectivity index (χ2v) is 6.49. The molecule has 4 nitrogen and oxygen atoms in total. The molecule has 1 aromatic carbocycles. The highest BCUT2D eigenvalue weighted by Crippen LogP contribution is 2.21. The number of nitrogens with one attached hydrogen (secondary N) is 1. The molecule has 0 spiro atoms. The molecule has 2 aromatic rings. The Morgan fingerprint density at radius 1 is 1.29 bits per heavy atom. The van der Waals surface area contributed by atoms with Gasteiger partial charge in [-0.3, -0.25) is 9.78 Å². The Labute approximate surface area is 125 Å². The predicted molar refractivity (Wildman–Crippen MR) is 84.2 cm³/mol. The molecular weight excluding hydrogens is 264 g/mol. The maximum Gasteiger partial charge on any atom is 0.252 e. The van der Waals surface area contributed by atoms with E-state index in [1.54, 1.807) is 12.3 Å². The van der Waals surface area contributed by atoms with Crippen molar-refractivity contribution < 1.29 is 9.90 Å². The minimum atomic E-state index is -0.246. The highest BCUT2D eigenvalue weighted by molar-refractivity contribution is 6.06. The average molecular weight is 286 g/mol. The van der Waals surface area contributed by atoms with Crippen molar-refractivity contribution >= 4 is 16.8 Å². The van der Waals surface area contributed by atoms with Crippen molar-refractivity contribution in [3.8, 4) is 0 Å². The third kappa shape index (κ3) is 4.02. The van der Waals surface area contributed by atoms with E-state index in [1.165, 1.54) is 0 Å². The van der Waals surface area contributed by atoms with Gasteiger partial charge in [0.25, 0.3) is 5.91 Å². The Morgan fingerprint density at radius 3 is 2.67 bits per heavy atom. The van der Waals surface area contributed by atoms with E-state index in [-0.39, 0.29) is 24.0 Å². The van der Waals surface area contributed by atoms with Gasteiger partial charge < -0.3 is 10.4 Å². The van der Waals surface area contributed by atoms with Crippen molar-refractivity contribution in [3.63, 3.8) is 0 Å². The highest BCUT2D eigenvalue weighted by Gasteiger charge is 2.21. The van der Waals surface area contributed by atoms with Crippen LogP contribution in [0.1, 0.15) is 37.6 Å². The molecule has 0 fully saturated rings. The second-order valence-electron chi connectivity index (χ2n) is 6.49. The molecule has 1 aromatic heterocycles. The van der Waals surface area contributed by atoms with Crippen LogP contribution in [-0.2, 0) is 0 Å². The van der Waals surface area contributed by atoms with Crippen LogP contribution in [0.5, 0.6) is 0 Å². The number of aromatic nitrogens is 1. The van der Waals surface area contributed by atoms with Crippen molar-refractivity contribution in [3.05, 3.63) is 42.1 Å². The Hall–Kier alpha value is -1.94. The average Bonchev–Trinajstić information content (AvgIpc) is 2.44. The molecule has 2 N–H and O–H groups in total. The first kappa shape index (κ1) is 15.4. The van der Waals surface area contributed by atoms with Gasteiger partial charge in [0.15, 0.2) is 0 Å². The molecule has 4 heteroatoms. The lowest BCUT2D eigenvalue weighted by atomic mass is 9.88. The van der Waals surface area contributed by atoms with Crippen LogP contribution in [0.25, 0.3) is 10.9 Å². The number of nitrogens with zero attached hydrogens (tertiary/aromatic N) is 1. The number of rotatable bonds is 4. The lowest BCUT2D eigenvalue weighted by molar-refractivity contribution is 0.0899. The summed E-state index contributed by atoms with van der Waals surface area (Å²) >= 11 is 0. The first-order chi connectivity index (χ1) is 9.90. The zero-order valence-electron chi connectivity index (χ0n) is 12.8. The molecule has 21 heavy (non-hydrogen) atoms. The van der Waals surface area contributed by atoms with Crippen LogP contribution in [-0.4, -0.2) is 28.6 Å². The summed E-state index contributed by atoms with van der Waals surface area (Å²) in [6.07, 6.45) is 2.35. The molecule has 1 unspecified atom stereocenters. The molecule has 0 aliphatic carbocycles. The molecule has 1 heterocycles. The van der Waals surface area contributed by atoms with E-state index < -0.39 is 0 Å². The van der Waals surface area contributed by atoms with E-state index in [1.807, 2.05) is 24.3 Å². The van der Waals surface area contributed by atoms with Crippen LogP contribution < -0.4 is 5.32 Å². The number of amides is 1. The number of carbonyl (C=O) groups excluding carboxylic acids is 1. The van der Waals surface area contributed by atoms with Crippen LogP contribution in [0.2, 0.25) is 0 Å². The number of benzene rings is 1. The lowest BCUT2D eigenvalue weighted by Gasteiger charge is -2.25. The summed E-state index contributed by atoms with van der Waals surface area (Å²) in [7, 11) is 0. The van der Waals surface area contributed by atoms with Crippen LogP contribution in [0, 0.1) is 5.41 Å². The minimum absolute atomic E-state index is 0.0426. The van der Waals surface area contributed by atoms with Gasteiger partial charge in [0.2, 0.25) is 0 Å². The number of aliphatic hydroxyl groups excluding tert-OH is 1. The van der Waals surface area contributed by atoms with Gasteiger partial charge in [-0.2, -0.15) is 0 Å². The van der Waals surface area contributed by atoms with E-state index in [9.17, 15) is 9.90 Å². The van der Waals surface area contributed by atoms with Gasteiger partial charge in [0.05, 0.1) is 23.7 Å². The summed E-state index contributed by atoms with van der Waals surface area (Å²) in [5.74, 6) is -0.170. The summed E-state index contributed by atoms with van der Waals surface area (Å²) < 4.78 is 0. The first-order valence-corrected chi connectivity index (χ1v) is 7.16. The number of pyridine rings is 1. The number of aliphatic hydroxyl groups is 1. The number of carbonyl (C=O) groups is 1. The molecule has 0 saturated carbocycles. The molecule has 0 bridgehead atoms. The van der Waals surface area contributed by atoms with Crippen molar-refractivity contribution in [1.82, 2.24) is 10.3 Å². The van der Waals surface area contributed by atoms with Crippen molar-refractivity contribution in [2.75, 3.05) is 6.61 Å². The molecule has 1 atom stereocenters. The largest absolute Gasteiger partial charge is 0.394 e. The lowest BCUT2D eigenvalue weighted by Crippen LogP contribution is -2.40. The summed E-state index contributed by atoms with van der Waals surface area (Å²) in [5, 5.41) is 13.2. The molecule has 0 aliphatic rings. The van der Waals surface area contributed by atoms with Crippen molar-refractivity contribution in [1.29, 1.82) is 0 Å². The van der Waals surface area contributed by atoms with Crippen LogP contribution in [0.3, 0.4) is 0 Å². The Morgan fingerprint density at radius 2 is 2.00 bits per heavy atom. The van der Waals surface area contributed by atoms with E-state index in [2.05, 4.69) is 31.1 Å². The van der Waals surface area contributed by atoms with E-state index in [4.69, 9.17) is 0 Å². The number of hydrogen-bond acceptors (Lipinski definition) is 3. The minimum Gasteiger partial charge on any atom is -0.394 e. The fraction of sp³-hybridized carbons (Fsp3) is 0.412. The first-order valence-electron chi connectivity index (χ1n) is 7.16. The van der Waals surface area contributed by atoms with Gasteiger partial charge in [-0.1, -0.05) is 39.0 Å². The standard InChI is InChI=1S/C17H22N2O2/c1-17(2,3)10-12(11-20)19-16(21)14-8-9-18-15-7-5-4-6-13(14)15/h4-9,12,20H,10-11H2,1-3H3,(H,19,21). The maximum absolute atomic E-state index is 12.5. The summed E-state index contributed by atoms with van der Waals surface area (Å²) in [6, 6.07) is 9.01. The zero-order chi connectivity index (χ0) is 15.5. The Balaban J connectivity index is 2.22. The fourth-order valence-corrected chi connectivity index (χ4v) is 2.46. The van der Waals surface area contributed by atoms with E-state index in [0.29, 0.717) is 5.56 Å². The van der Waals surface area contributed by atoms with Gasteiger partial charge in [0, 0.05) is 11.6 Å². The second kappa shape index (κ2) is 6.22. The van der Waals surface area contributed by atoms with Gasteiger partial charge in [-0.15, -0.1) is 0 Å². The van der Waals surface area contributed by atoms with Gasteiger partial charge in [-0.05, 0) is 24.0 Å². The maximum atomic E-state index is 12.5. The third-order valence-electron chi connectivity index (χ3n) is 3.31. The van der Waals surface area contributed by atoms with Gasteiger partial charge in [0.1, 0.15) is 0 Å². The SMILES string of the molecule is CC(C)(C)CC(CO)NC(=O)c1ccnc2ccccc12. The summed E-state index contributed by atoms with van der Waals surface area (Å²) in [5.41, 5.74) is 1.43. The van der Waals surface area contributed by atoms with Crippen LogP contribution >= 0.6 is 0 Å². The van der Waals surface area contributed by atoms with Crippen molar-refractivity contribution in [2.24, 2.45) is 5.41 Å². The van der Waals surface area contributed by atoms with Crippen LogP contribution in [0.15, 0.2) is 36.5 Å². The van der Waals surface area contributed by atoms with Gasteiger partial charge in [-0.25, -0.2) is 0 Å². The smallest absolute Gasteiger partial charge is 0.252 e. The summed E-state index contributed by atoms with van der Waals surface area (Å²) in [4.78, 5) is 16.7. The quantitative estimate of drug-likeness (QED) is 0.908.